The van der Waals surface area contributed by atoms with Crippen molar-refractivity contribution >= 4 is 23.2 Å². The van der Waals surface area contributed by atoms with Crippen LogP contribution < -0.4 is 0 Å². The first-order chi connectivity index (χ1) is 5.72. The molecule has 0 aliphatic carbocycles. The summed E-state index contributed by atoms with van der Waals surface area (Å²) in [7, 11) is 0. The maximum atomic E-state index is 6.04. The molecular weight excluding hydrogens is 191 g/mol. The quantitative estimate of drug-likeness (QED) is 0.420. The molecule has 0 N–H and O–H groups in total. The molecule has 0 bridgehead atoms. The van der Waals surface area contributed by atoms with Crippen molar-refractivity contribution in [3.63, 3.8) is 0 Å². The SMILES string of the molecule is CCCCC[C](Cl)C(Cl)CCC. The Hall–Kier alpha value is 0.580. The first kappa shape index (κ1) is 12.6. The molecule has 0 spiro atoms. The highest BCUT2D eigenvalue weighted by Crippen LogP contribution is 2.27. The van der Waals surface area contributed by atoms with Crippen molar-refractivity contribution in [1.29, 1.82) is 0 Å². The third kappa shape index (κ3) is 6.14. The summed E-state index contributed by atoms with van der Waals surface area (Å²) in [6.45, 7) is 4.32. The molecule has 0 nitrogen and oxygen atoms in total. The molecule has 0 aliphatic rings. The fraction of sp³-hybridized carbons (Fsp3) is 0.900. The summed E-state index contributed by atoms with van der Waals surface area (Å²) in [5.74, 6) is 0. The second-order valence-electron chi connectivity index (χ2n) is 3.16. The number of halogens is 2. The van der Waals surface area contributed by atoms with Crippen LogP contribution in [0.2, 0.25) is 0 Å². The maximum Gasteiger partial charge on any atom is 0.0815 e. The zero-order chi connectivity index (χ0) is 9.40. The largest absolute Gasteiger partial charge is 0.121 e. The fourth-order valence-electron chi connectivity index (χ4n) is 1.11. The van der Waals surface area contributed by atoms with Gasteiger partial charge in [-0.25, -0.2) is 0 Å². The Balaban J connectivity index is 3.35. The zero-order valence-electron chi connectivity index (χ0n) is 8.08. The van der Waals surface area contributed by atoms with E-state index in [2.05, 4.69) is 13.8 Å². The van der Waals surface area contributed by atoms with Gasteiger partial charge >= 0.3 is 0 Å². The summed E-state index contributed by atoms with van der Waals surface area (Å²) < 4.78 is 0. The molecule has 0 aromatic rings. The summed E-state index contributed by atoms with van der Waals surface area (Å²) in [5.41, 5.74) is 0. The van der Waals surface area contributed by atoms with Gasteiger partial charge in [0.2, 0.25) is 0 Å². The Bertz CT molecular complexity index is 93.8. The minimum absolute atomic E-state index is 0.0912. The van der Waals surface area contributed by atoms with Crippen molar-refractivity contribution < 1.29 is 0 Å². The van der Waals surface area contributed by atoms with Gasteiger partial charge in [0.25, 0.3) is 0 Å². The van der Waals surface area contributed by atoms with Crippen molar-refractivity contribution in [2.24, 2.45) is 0 Å². The van der Waals surface area contributed by atoms with Gasteiger partial charge in [-0.1, -0.05) is 39.5 Å². The number of rotatable bonds is 7. The summed E-state index contributed by atoms with van der Waals surface area (Å²) >= 11 is 12.1. The van der Waals surface area contributed by atoms with Crippen molar-refractivity contribution in [3.8, 4) is 0 Å². The van der Waals surface area contributed by atoms with Gasteiger partial charge < -0.3 is 0 Å². The standard InChI is InChI=1S/C10H19Cl2/c1-3-5-6-8-10(12)9(11)7-4-2/h9H,3-8H2,1-2H3. The zero-order valence-corrected chi connectivity index (χ0v) is 9.59. The van der Waals surface area contributed by atoms with E-state index in [1.54, 1.807) is 0 Å². The molecule has 73 valence electrons. The molecule has 0 aromatic heterocycles. The molecular formula is C10H19Cl2. The van der Waals surface area contributed by atoms with Crippen LogP contribution in [0.1, 0.15) is 52.4 Å². The lowest BCUT2D eigenvalue weighted by molar-refractivity contribution is 0.661. The highest BCUT2D eigenvalue weighted by Gasteiger charge is 2.15. The molecule has 0 aliphatic heterocycles. The molecule has 0 amide bonds. The predicted molar refractivity (Wildman–Crippen MR) is 57.8 cm³/mol. The van der Waals surface area contributed by atoms with E-state index in [1.165, 1.54) is 19.3 Å². The van der Waals surface area contributed by atoms with E-state index in [0.717, 1.165) is 24.6 Å². The average Bonchev–Trinajstić information content (AvgIpc) is 2.05. The molecule has 1 radical (unpaired) electrons. The Morgan fingerprint density at radius 2 is 1.83 bits per heavy atom. The molecule has 1 unspecified atom stereocenters. The second-order valence-corrected chi connectivity index (χ2v) is 4.17. The smallest absolute Gasteiger partial charge is 0.0815 e. The summed E-state index contributed by atoms with van der Waals surface area (Å²) in [4.78, 5) is 0. The minimum atomic E-state index is 0.0912. The first-order valence-electron chi connectivity index (χ1n) is 4.87. The van der Waals surface area contributed by atoms with Gasteiger partial charge in [0, 0.05) is 0 Å². The van der Waals surface area contributed by atoms with Crippen LogP contribution in [0.25, 0.3) is 0 Å². The lowest BCUT2D eigenvalue weighted by Gasteiger charge is -2.13. The van der Waals surface area contributed by atoms with Crippen LogP contribution in [0.5, 0.6) is 0 Å². The maximum absolute atomic E-state index is 6.04. The van der Waals surface area contributed by atoms with E-state index >= 15 is 0 Å². The van der Waals surface area contributed by atoms with Gasteiger partial charge in [-0.2, -0.15) is 0 Å². The Morgan fingerprint density at radius 3 is 2.33 bits per heavy atom. The first-order valence-corrected chi connectivity index (χ1v) is 5.69. The second kappa shape index (κ2) is 8.19. The van der Waals surface area contributed by atoms with Gasteiger partial charge in [0.05, 0.1) is 10.8 Å². The van der Waals surface area contributed by atoms with Crippen molar-refractivity contribution in [1.82, 2.24) is 0 Å². The van der Waals surface area contributed by atoms with Crippen molar-refractivity contribution in [2.45, 2.75) is 57.7 Å². The van der Waals surface area contributed by atoms with Crippen LogP contribution >= 0.6 is 23.2 Å². The van der Waals surface area contributed by atoms with Gasteiger partial charge in [0.15, 0.2) is 0 Å². The Labute approximate surface area is 86.6 Å². The lowest BCUT2D eigenvalue weighted by atomic mass is 10.1. The van der Waals surface area contributed by atoms with E-state index in [9.17, 15) is 0 Å². The molecule has 1 atom stereocenters. The van der Waals surface area contributed by atoms with E-state index in [0.29, 0.717) is 0 Å². The average molecular weight is 210 g/mol. The normalized spacial score (nSPS) is 13.8. The molecule has 0 fully saturated rings. The molecule has 0 saturated heterocycles. The monoisotopic (exact) mass is 209 g/mol. The third-order valence-electron chi connectivity index (χ3n) is 1.90. The van der Waals surface area contributed by atoms with Gasteiger partial charge in [-0.05, 0) is 12.8 Å². The number of hydrogen-bond donors (Lipinski definition) is 0. The van der Waals surface area contributed by atoms with Crippen LogP contribution in [0.15, 0.2) is 0 Å². The lowest BCUT2D eigenvalue weighted by Crippen LogP contribution is -2.06. The van der Waals surface area contributed by atoms with Crippen molar-refractivity contribution in [2.75, 3.05) is 0 Å². The molecule has 0 saturated carbocycles. The number of hydrogen-bond acceptors (Lipinski definition) is 0. The fourth-order valence-corrected chi connectivity index (χ4v) is 1.68. The highest BCUT2D eigenvalue weighted by molar-refractivity contribution is 6.34. The summed E-state index contributed by atoms with van der Waals surface area (Å²) in [6, 6.07) is 0. The van der Waals surface area contributed by atoms with Gasteiger partial charge in [-0.3, -0.25) is 0 Å². The Kier molecular flexibility index (Phi) is 8.59. The number of unbranched alkanes of at least 4 members (excludes halogenated alkanes) is 2. The molecule has 12 heavy (non-hydrogen) atoms. The van der Waals surface area contributed by atoms with E-state index in [4.69, 9.17) is 23.2 Å². The van der Waals surface area contributed by atoms with E-state index in [1.807, 2.05) is 0 Å². The van der Waals surface area contributed by atoms with Crippen LogP contribution in [-0.4, -0.2) is 5.38 Å². The van der Waals surface area contributed by atoms with Crippen LogP contribution in [0, 0.1) is 5.38 Å². The number of alkyl halides is 1. The predicted octanol–water partition coefficient (Wildman–Crippen LogP) is 4.74. The van der Waals surface area contributed by atoms with E-state index < -0.39 is 0 Å². The molecule has 0 aromatic carbocycles. The van der Waals surface area contributed by atoms with Gasteiger partial charge in [-0.15, -0.1) is 23.2 Å². The van der Waals surface area contributed by atoms with Crippen LogP contribution in [-0.2, 0) is 0 Å². The molecule has 0 rings (SSSR count). The minimum Gasteiger partial charge on any atom is -0.121 e. The topological polar surface area (TPSA) is 0 Å². The molecule has 0 heterocycles. The highest BCUT2D eigenvalue weighted by atomic mass is 35.5. The third-order valence-corrected chi connectivity index (χ3v) is 2.95. The van der Waals surface area contributed by atoms with E-state index in [-0.39, 0.29) is 5.38 Å². The van der Waals surface area contributed by atoms with Crippen molar-refractivity contribution in [3.05, 3.63) is 5.38 Å². The van der Waals surface area contributed by atoms with Crippen LogP contribution in [0.4, 0.5) is 0 Å². The Morgan fingerprint density at radius 1 is 1.17 bits per heavy atom. The summed E-state index contributed by atoms with van der Waals surface area (Å²) in [6.07, 6.45) is 6.79. The van der Waals surface area contributed by atoms with Crippen LogP contribution in [0.3, 0.4) is 0 Å². The van der Waals surface area contributed by atoms with Gasteiger partial charge in [0.1, 0.15) is 0 Å². The molecule has 2 heteroatoms. The summed E-state index contributed by atoms with van der Waals surface area (Å²) in [5, 5.41) is 1.04.